The van der Waals surface area contributed by atoms with E-state index < -0.39 is 17.3 Å². The molecule has 0 aliphatic heterocycles. The minimum Gasteiger partial charge on any atom is -0.305 e. The number of hydrogen-bond acceptors (Lipinski definition) is 1. The summed E-state index contributed by atoms with van der Waals surface area (Å²) in [5, 5.41) is 0. The van der Waals surface area contributed by atoms with Gasteiger partial charge < -0.3 is 9.97 Å². The van der Waals surface area contributed by atoms with E-state index >= 15 is 0 Å². The zero-order chi connectivity index (χ0) is 9.59. The number of nitrogens with one attached hydrogen (secondary N) is 2. The second kappa shape index (κ2) is 2.42. The Morgan fingerprint density at radius 3 is 2.46 bits per heavy atom. The molecule has 0 spiro atoms. The number of aromatic nitrogens is 2. The number of rotatable bonds is 0. The summed E-state index contributed by atoms with van der Waals surface area (Å²) < 4.78 is 26.0. The molecule has 0 bridgehead atoms. The van der Waals surface area contributed by atoms with E-state index in [2.05, 4.69) is 9.97 Å². The number of imidazole rings is 1. The van der Waals surface area contributed by atoms with Crippen LogP contribution >= 0.6 is 0 Å². The fraction of sp³-hybridized carbons (Fsp3) is 0.125. The van der Waals surface area contributed by atoms with Crippen LogP contribution in [-0.2, 0) is 0 Å². The third-order valence-corrected chi connectivity index (χ3v) is 1.95. The predicted molar refractivity (Wildman–Crippen MR) is 43.6 cm³/mol. The van der Waals surface area contributed by atoms with Crippen LogP contribution in [0.15, 0.2) is 10.9 Å². The number of hydrogen-bond donors (Lipinski definition) is 2. The van der Waals surface area contributed by atoms with Gasteiger partial charge in [0.05, 0.1) is 5.52 Å². The largest absolute Gasteiger partial charge is 0.323 e. The average molecular weight is 184 g/mol. The van der Waals surface area contributed by atoms with Crippen molar-refractivity contribution in [3.8, 4) is 0 Å². The van der Waals surface area contributed by atoms with Gasteiger partial charge in [0.25, 0.3) is 0 Å². The van der Waals surface area contributed by atoms with Crippen molar-refractivity contribution in [3.63, 3.8) is 0 Å². The zero-order valence-corrected chi connectivity index (χ0v) is 6.74. The first-order valence-electron chi connectivity index (χ1n) is 3.66. The van der Waals surface area contributed by atoms with Gasteiger partial charge in [-0.2, -0.15) is 0 Å². The minimum atomic E-state index is -0.767. The predicted octanol–water partition coefficient (Wildman–Crippen LogP) is 1.44. The van der Waals surface area contributed by atoms with Gasteiger partial charge in [-0.15, -0.1) is 0 Å². The van der Waals surface area contributed by atoms with Crippen LogP contribution in [0.2, 0.25) is 0 Å². The molecule has 0 amide bonds. The fourth-order valence-electron chi connectivity index (χ4n) is 1.25. The van der Waals surface area contributed by atoms with Gasteiger partial charge in [-0.3, -0.25) is 0 Å². The van der Waals surface area contributed by atoms with Crippen LogP contribution in [-0.4, -0.2) is 9.97 Å². The van der Waals surface area contributed by atoms with Gasteiger partial charge >= 0.3 is 5.69 Å². The summed E-state index contributed by atoms with van der Waals surface area (Å²) in [5.41, 5.74) is -0.108. The smallest absolute Gasteiger partial charge is 0.305 e. The van der Waals surface area contributed by atoms with Crippen molar-refractivity contribution in [2.75, 3.05) is 0 Å². The third-order valence-electron chi connectivity index (χ3n) is 1.95. The van der Waals surface area contributed by atoms with Crippen LogP contribution < -0.4 is 5.69 Å². The normalized spacial score (nSPS) is 11.0. The standard InChI is InChI=1S/C8H6F2N2O/c1-3-4(9)2-5(10)7-6(3)11-8(13)12-7/h2H,1H3,(H2,11,12,13). The van der Waals surface area contributed by atoms with E-state index in [-0.39, 0.29) is 16.6 Å². The molecule has 1 aromatic carbocycles. The molecular weight excluding hydrogens is 178 g/mol. The van der Waals surface area contributed by atoms with Gasteiger partial charge in [-0.1, -0.05) is 0 Å². The Labute approximate surface area is 71.4 Å². The lowest BCUT2D eigenvalue weighted by Gasteiger charge is -1.97. The molecule has 5 heteroatoms. The molecule has 0 saturated heterocycles. The number of halogens is 2. The van der Waals surface area contributed by atoms with Gasteiger partial charge in [0.2, 0.25) is 0 Å². The van der Waals surface area contributed by atoms with E-state index in [4.69, 9.17) is 0 Å². The number of benzene rings is 1. The quantitative estimate of drug-likeness (QED) is 0.639. The second-order valence-corrected chi connectivity index (χ2v) is 2.79. The van der Waals surface area contributed by atoms with Crippen LogP contribution in [0, 0.1) is 18.6 Å². The molecule has 0 fully saturated rings. The lowest BCUT2D eigenvalue weighted by atomic mass is 10.2. The molecule has 0 atom stereocenters. The SMILES string of the molecule is Cc1c(F)cc(F)c2[nH]c(=O)[nH]c12. The highest BCUT2D eigenvalue weighted by molar-refractivity contribution is 5.78. The van der Waals surface area contributed by atoms with Crippen LogP contribution in [0.1, 0.15) is 5.56 Å². The van der Waals surface area contributed by atoms with E-state index in [0.29, 0.717) is 0 Å². The second-order valence-electron chi connectivity index (χ2n) is 2.79. The van der Waals surface area contributed by atoms with E-state index in [1.807, 2.05) is 0 Å². The monoisotopic (exact) mass is 184 g/mol. The zero-order valence-electron chi connectivity index (χ0n) is 6.74. The molecule has 2 rings (SSSR count). The van der Waals surface area contributed by atoms with Gasteiger partial charge in [0, 0.05) is 11.6 Å². The molecule has 13 heavy (non-hydrogen) atoms. The first-order chi connectivity index (χ1) is 6.09. The van der Waals surface area contributed by atoms with E-state index in [9.17, 15) is 13.6 Å². The van der Waals surface area contributed by atoms with Gasteiger partial charge in [-0.05, 0) is 6.92 Å². The summed E-state index contributed by atoms with van der Waals surface area (Å²) in [7, 11) is 0. The molecule has 0 aliphatic carbocycles. The minimum absolute atomic E-state index is 0.0175. The van der Waals surface area contributed by atoms with Gasteiger partial charge in [0.1, 0.15) is 11.3 Å². The van der Waals surface area contributed by atoms with Crippen LogP contribution in [0.4, 0.5) is 8.78 Å². The lowest BCUT2D eigenvalue weighted by Crippen LogP contribution is -1.99. The summed E-state index contributed by atoms with van der Waals surface area (Å²) in [6, 6.07) is 0.751. The summed E-state index contributed by atoms with van der Waals surface area (Å²) in [4.78, 5) is 15.4. The lowest BCUT2D eigenvalue weighted by molar-refractivity contribution is 0.585. The Hall–Kier alpha value is -1.65. The number of aromatic amines is 2. The highest BCUT2D eigenvalue weighted by Crippen LogP contribution is 2.19. The molecule has 1 aromatic heterocycles. The van der Waals surface area contributed by atoms with Crippen molar-refractivity contribution in [3.05, 3.63) is 33.7 Å². The Morgan fingerprint density at radius 2 is 1.77 bits per heavy atom. The Kier molecular flexibility index (Phi) is 1.48. The first kappa shape index (κ1) is 7.97. The highest BCUT2D eigenvalue weighted by atomic mass is 19.1. The van der Waals surface area contributed by atoms with Gasteiger partial charge in [0.15, 0.2) is 5.82 Å². The first-order valence-corrected chi connectivity index (χ1v) is 3.66. The molecule has 2 N–H and O–H groups in total. The maximum atomic E-state index is 13.0. The van der Waals surface area contributed by atoms with Crippen LogP contribution in [0.25, 0.3) is 11.0 Å². The number of aryl methyl sites for hydroxylation is 1. The van der Waals surface area contributed by atoms with Crippen molar-refractivity contribution in [1.29, 1.82) is 0 Å². The van der Waals surface area contributed by atoms with E-state index in [1.54, 1.807) is 0 Å². The third kappa shape index (κ3) is 1.04. The molecule has 0 aliphatic rings. The Morgan fingerprint density at radius 1 is 1.15 bits per heavy atom. The van der Waals surface area contributed by atoms with Crippen molar-refractivity contribution in [2.24, 2.45) is 0 Å². The van der Waals surface area contributed by atoms with Crippen molar-refractivity contribution in [2.45, 2.75) is 6.92 Å². The van der Waals surface area contributed by atoms with Crippen LogP contribution in [0.3, 0.4) is 0 Å². The molecule has 2 aromatic rings. The Bertz CT molecular complexity index is 527. The summed E-state index contributed by atoms with van der Waals surface area (Å²) >= 11 is 0. The molecule has 0 radical (unpaired) electrons. The summed E-state index contributed by atoms with van der Waals surface area (Å²) in [6.45, 7) is 1.47. The Balaban J connectivity index is 3.04. The van der Waals surface area contributed by atoms with Crippen molar-refractivity contribution < 1.29 is 8.78 Å². The molecule has 1 heterocycles. The van der Waals surface area contributed by atoms with Crippen molar-refractivity contribution in [1.82, 2.24) is 9.97 Å². The highest BCUT2D eigenvalue weighted by Gasteiger charge is 2.11. The number of fused-ring (bicyclic) bond motifs is 1. The van der Waals surface area contributed by atoms with Crippen LogP contribution in [0.5, 0.6) is 0 Å². The summed E-state index contributed by atoms with van der Waals surface area (Å²) in [5.74, 6) is -1.43. The maximum absolute atomic E-state index is 13.0. The fourth-order valence-corrected chi connectivity index (χ4v) is 1.25. The van der Waals surface area contributed by atoms with Crippen molar-refractivity contribution >= 4 is 11.0 Å². The molecule has 68 valence electrons. The topological polar surface area (TPSA) is 48.6 Å². The molecular formula is C8H6F2N2O. The number of H-pyrrole nitrogens is 2. The van der Waals surface area contributed by atoms with E-state index in [1.165, 1.54) is 6.92 Å². The van der Waals surface area contributed by atoms with Gasteiger partial charge in [-0.25, -0.2) is 13.6 Å². The average Bonchev–Trinajstić information content (AvgIpc) is 2.44. The summed E-state index contributed by atoms with van der Waals surface area (Å²) in [6.07, 6.45) is 0. The molecule has 0 saturated carbocycles. The molecule has 3 nitrogen and oxygen atoms in total. The molecule has 0 unspecified atom stereocenters. The maximum Gasteiger partial charge on any atom is 0.323 e. The van der Waals surface area contributed by atoms with E-state index in [0.717, 1.165) is 6.07 Å².